The predicted molar refractivity (Wildman–Crippen MR) is 112 cm³/mol. The molecule has 0 bridgehead atoms. The molecule has 0 spiro atoms. The number of hydrogen-bond acceptors (Lipinski definition) is 6. The summed E-state index contributed by atoms with van der Waals surface area (Å²) < 4.78 is 44.3. The molecule has 0 fully saturated rings. The zero-order valence-electron chi connectivity index (χ0n) is 16.2. The highest BCUT2D eigenvalue weighted by Gasteiger charge is 2.35. The lowest BCUT2D eigenvalue weighted by Gasteiger charge is -2.13. The summed E-state index contributed by atoms with van der Waals surface area (Å²) in [5.41, 5.74) is -2.82. The fourth-order valence-electron chi connectivity index (χ4n) is 2.76. The van der Waals surface area contributed by atoms with Crippen molar-refractivity contribution in [1.29, 1.82) is 0 Å². The van der Waals surface area contributed by atoms with Crippen molar-refractivity contribution in [3.8, 4) is 0 Å². The van der Waals surface area contributed by atoms with Crippen LogP contribution in [0.2, 0.25) is 0 Å². The first-order valence-corrected chi connectivity index (χ1v) is 10.0. The normalized spacial score (nSPS) is 11.2. The number of ether oxygens (including phenoxy) is 1. The number of fused-ring (bicyclic) bond motifs is 1. The third-order valence-electron chi connectivity index (χ3n) is 4.24. The van der Waals surface area contributed by atoms with Gasteiger partial charge in [0.15, 0.2) is 6.61 Å². The Labute approximate surface area is 183 Å². The number of nitrogens with zero attached hydrogens (tertiary/aromatic N) is 1. The summed E-state index contributed by atoms with van der Waals surface area (Å²) in [5, 5.41) is 14.7. The van der Waals surface area contributed by atoms with Crippen LogP contribution < -0.4 is 5.32 Å². The minimum atomic E-state index is -4.93. The first-order valence-electron chi connectivity index (χ1n) is 9.06. The molecular formula is C21H15F3N2O5S. The first-order chi connectivity index (χ1) is 15.1. The van der Waals surface area contributed by atoms with E-state index in [9.17, 15) is 32.9 Å². The summed E-state index contributed by atoms with van der Waals surface area (Å²) in [7, 11) is 0. The van der Waals surface area contributed by atoms with Crippen molar-refractivity contribution in [1.82, 2.24) is 0 Å². The average Bonchev–Trinajstić information content (AvgIpc) is 2.75. The second kappa shape index (κ2) is 9.69. The van der Waals surface area contributed by atoms with E-state index < -0.39 is 46.5 Å². The zero-order chi connectivity index (χ0) is 23.3. The van der Waals surface area contributed by atoms with Crippen LogP contribution in [0.25, 0.3) is 10.8 Å². The van der Waals surface area contributed by atoms with E-state index in [1.165, 1.54) is 11.8 Å². The lowest BCUT2D eigenvalue weighted by Crippen LogP contribution is -2.23. The zero-order valence-corrected chi connectivity index (χ0v) is 17.0. The number of alkyl halides is 3. The second-order valence-corrected chi connectivity index (χ2v) is 7.54. The Bertz CT molecular complexity index is 1180. The number of carbonyl (C=O) groups is 2. The molecule has 0 aliphatic rings. The van der Waals surface area contributed by atoms with Crippen LogP contribution in [0.15, 0.2) is 65.6 Å². The van der Waals surface area contributed by atoms with Gasteiger partial charge in [-0.3, -0.25) is 19.7 Å². The highest BCUT2D eigenvalue weighted by atomic mass is 32.2. The molecule has 0 unspecified atom stereocenters. The number of nitro benzene ring substituents is 1. The van der Waals surface area contributed by atoms with Gasteiger partial charge in [0.05, 0.1) is 21.9 Å². The van der Waals surface area contributed by atoms with Crippen molar-refractivity contribution in [3.63, 3.8) is 0 Å². The van der Waals surface area contributed by atoms with Crippen molar-refractivity contribution >= 4 is 45.8 Å². The van der Waals surface area contributed by atoms with Crippen LogP contribution in [0.1, 0.15) is 5.56 Å². The molecule has 166 valence electrons. The minimum absolute atomic E-state index is 0.100. The fourth-order valence-corrected chi connectivity index (χ4v) is 3.51. The second-order valence-electron chi connectivity index (χ2n) is 6.49. The fraction of sp³-hybridized carbons (Fsp3) is 0.143. The largest absolute Gasteiger partial charge is 0.455 e. The topological polar surface area (TPSA) is 98.5 Å². The van der Waals surface area contributed by atoms with Crippen LogP contribution in [0, 0.1) is 10.1 Å². The molecule has 0 saturated heterocycles. The number of halogens is 3. The first kappa shape index (κ1) is 23.1. The average molecular weight is 464 g/mol. The number of benzene rings is 3. The van der Waals surface area contributed by atoms with Gasteiger partial charge in [0.1, 0.15) is 0 Å². The number of non-ortho nitro benzene ring substituents is 1. The Hall–Kier alpha value is -3.60. The molecule has 1 N–H and O–H groups in total. The van der Waals surface area contributed by atoms with Gasteiger partial charge in [0.2, 0.25) is 0 Å². The molecule has 3 aromatic rings. The number of nitrogens with one attached hydrogen (secondary N) is 1. The summed E-state index contributed by atoms with van der Waals surface area (Å²) in [5.74, 6) is -1.83. The van der Waals surface area contributed by atoms with Crippen molar-refractivity contribution in [2.75, 3.05) is 17.7 Å². The summed E-state index contributed by atoms with van der Waals surface area (Å²) in [6.45, 7) is -0.800. The van der Waals surface area contributed by atoms with E-state index in [2.05, 4.69) is 0 Å². The van der Waals surface area contributed by atoms with Crippen molar-refractivity contribution in [2.45, 2.75) is 11.1 Å². The summed E-state index contributed by atoms with van der Waals surface area (Å²) in [4.78, 5) is 34.4. The molecule has 0 heterocycles. The maximum absolute atomic E-state index is 13.2. The monoisotopic (exact) mass is 464 g/mol. The van der Waals surface area contributed by atoms with E-state index in [1.807, 2.05) is 47.8 Å². The molecule has 3 rings (SSSR count). The number of anilines is 1. The Morgan fingerprint density at radius 2 is 1.75 bits per heavy atom. The Morgan fingerprint density at radius 3 is 2.44 bits per heavy atom. The highest BCUT2D eigenvalue weighted by Crippen LogP contribution is 2.37. The van der Waals surface area contributed by atoms with Gasteiger partial charge in [0, 0.05) is 17.0 Å². The van der Waals surface area contributed by atoms with Gasteiger partial charge in [-0.15, -0.1) is 11.8 Å². The van der Waals surface area contributed by atoms with E-state index in [1.54, 1.807) is 0 Å². The molecule has 0 saturated carbocycles. The maximum Gasteiger partial charge on any atom is 0.418 e. The van der Waals surface area contributed by atoms with Gasteiger partial charge < -0.3 is 10.1 Å². The van der Waals surface area contributed by atoms with E-state index in [4.69, 9.17) is 4.74 Å². The number of hydrogen-bond donors (Lipinski definition) is 1. The van der Waals surface area contributed by atoms with E-state index in [0.717, 1.165) is 27.8 Å². The quantitative estimate of drug-likeness (QED) is 0.228. The summed E-state index contributed by atoms with van der Waals surface area (Å²) >= 11 is 1.19. The molecule has 3 aromatic carbocycles. The van der Waals surface area contributed by atoms with Gasteiger partial charge in [-0.05, 0) is 29.0 Å². The third kappa shape index (κ3) is 5.97. The van der Waals surface area contributed by atoms with Gasteiger partial charge in [-0.2, -0.15) is 13.2 Å². The summed E-state index contributed by atoms with van der Waals surface area (Å²) in [6, 6.07) is 15.2. The number of amides is 1. The SMILES string of the molecule is O=C(COC(=O)CSc1ccc2ccccc2c1)Nc1ccc([N+](=O)[O-])cc1C(F)(F)F. The smallest absolute Gasteiger partial charge is 0.418 e. The number of rotatable bonds is 7. The van der Waals surface area contributed by atoms with Crippen LogP contribution in [0.5, 0.6) is 0 Å². The molecule has 7 nitrogen and oxygen atoms in total. The molecule has 0 aliphatic heterocycles. The maximum atomic E-state index is 13.2. The molecule has 0 aromatic heterocycles. The van der Waals surface area contributed by atoms with Crippen LogP contribution in [-0.4, -0.2) is 29.2 Å². The van der Waals surface area contributed by atoms with Crippen LogP contribution in [0.3, 0.4) is 0 Å². The van der Waals surface area contributed by atoms with Gasteiger partial charge in [0.25, 0.3) is 11.6 Å². The van der Waals surface area contributed by atoms with Gasteiger partial charge in [-0.25, -0.2) is 0 Å². The number of carbonyl (C=O) groups excluding carboxylic acids is 2. The number of esters is 1. The van der Waals surface area contributed by atoms with E-state index in [0.29, 0.717) is 6.07 Å². The van der Waals surface area contributed by atoms with Crippen LogP contribution >= 0.6 is 11.8 Å². The molecule has 32 heavy (non-hydrogen) atoms. The number of thioether (sulfide) groups is 1. The van der Waals surface area contributed by atoms with Crippen molar-refractivity contribution in [2.24, 2.45) is 0 Å². The molecule has 1 amide bonds. The third-order valence-corrected chi connectivity index (χ3v) is 5.20. The van der Waals surface area contributed by atoms with Crippen molar-refractivity contribution in [3.05, 3.63) is 76.3 Å². The van der Waals surface area contributed by atoms with Gasteiger partial charge >= 0.3 is 12.1 Å². The molecule has 0 radical (unpaired) electrons. The standard InChI is InChI=1S/C21H15F3N2O5S/c22-21(23,24)17-10-15(26(29)30)6-8-18(17)25-19(27)11-31-20(28)12-32-16-7-5-13-3-1-2-4-14(13)9-16/h1-10H,11-12H2,(H,25,27). The summed E-state index contributed by atoms with van der Waals surface area (Å²) in [6.07, 6.45) is -4.93. The predicted octanol–water partition coefficient (Wildman–Crippen LogP) is 5.04. The van der Waals surface area contributed by atoms with E-state index in [-0.39, 0.29) is 5.75 Å². The van der Waals surface area contributed by atoms with Crippen LogP contribution in [0.4, 0.5) is 24.5 Å². The van der Waals surface area contributed by atoms with Gasteiger partial charge in [-0.1, -0.05) is 30.3 Å². The Balaban J connectivity index is 1.55. The molecule has 0 aliphatic carbocycles. The molecular weight excluding hydrogens is 449 g/mol. The number of nitro groups is 1. The molecule has 0 atom stereocenters. The van der Waals surface area contributed by atoms with Crippen molar-refractivity contribution < 1.29 is 32.4 Å². The lowest BCUT2D eigenvalue weighted by molar-refractivity contribution is -0.385. The Kier molecular flexibility index (Phi) is 6.98. The molecule has 11 heteroatoms. The lowest BCUT2D eigenvalue weighted by atomic mass is 10.1. The Morgan fingerprint density at radius 1 is 1.03 bits per heavy atom. The van der Waals surface area contributed by atoms with Crippen LogP contribution in [-0.2, 0) is 20.5 Å². The highest BCUT2D eigenvalue weighted by molar-refractivity contribution is 8.00. The minimum Gasteiger partial charge on any atom is -0.455 e. The van der Waals surface area contributed by atoms with E-state index >= 15 is 0 Å².